The largest absolute Gasteiger partial charge is 0.491 e. The molecule has 1 aliphatic heterocycles. The molecule has 1 aliphatic rings. The Morgan fingerprint density at radius 2 is 2.13 bits per heavy atom. The van der Waals surface area contributed by atoms with E-state index < -0.39 is 0 Å². The van der Waals surface area contributed by atoms with E-state index in [9.17, 15) is 4.79 Å². The third kappa shape index (κ3) is 5.30. The molecule has 1 aromatic carbocycles. The van der Waals surface area contributed by atoms with Crippen molar-refractivity contribution in [1.29, 1.82) is 0 Å². The van der Waals surface area contributed by atoms with Crippen molar-refractivity contribution in [2.45, 2.75) is 32.7 Å². The number of rotatable bonds is 6. The number of hydrogen-bond donors (Lipinski definition) is 1. The third-order valence-electron chi connectivity index (χ3n) is 4.24. The van der Waals surface area contributed by atoms with Crippen LogP contribution in [-0.2, 0) is 4.79 Å². The molecule has 1 unspecified atom stereocenters. The monoisotopic (exact) mass is 314 g/mol. The van der Waals surface area contributed by atoms with Crippen LogP contribution in [0, 0.1) is 25.2 Å². The van der Waals surface area contributed by atoms with Gasteiger partial charge < -0.3 is 10.1 Å². The van der Waals surface area contributed by atoms with Crippen molar-refractivity contribution in [3.63, 3.8) is 0 Å². The number of amides is 1. The summed E-state index contributed by atoms with van der Waals surface area (Å²) in [7, 11) is 0. The Labute approximate surface area is 139 Å². The Morgan fingerprint density at radius 1 is 1.43 bits per heavy atom. The quantitative estimate of drug-likeness (QED) is 0.819. The van der Waals surface area contributed by atoms with Crippen LogP contribution in [0.5, 0.6) is 5.75 Å². The number of terminal acetylenes is 1. The van der Waals surface area contributed by atoms with Gasteiger partial charge in [0.05, 0.1) is 12.6 Å². The SMILES string of the molecule is C#CCN1CCC(C(=O)NC(C)COc2ccccc2C)CC1. The lowest BCUT2D eigenvalue weighted by atomic mass is 9.95. The number of hydrogen-bond acceptors (Lipinski definition) is 3. The molecule has 0 saturated carbocycles. The zero-order valence-corrected chi connectivity index (χ0v) is 14.0. The third-order valence-corrected chi connectivity index (χ3v) is 4.24. The van der Waals surface area contributed by atoms with Crippen LogP contribution in [0.2, 0.25) is 0 Å². The Morgan fingerprint density at radius 3 is 2.78 bits per heavy atom. The Bertz CT molecular complexity index is 557. The normalized spacial score (nSPS) is 17.3. The van der Waals surface area contributed by atoms with Crippen molar-refractivity contribution in [3.8, 4) is 18.1 Å². The van der Waals surface area contributed by atoms with Crippen LogP contribution in [0.3, 0.4) is 0 Å². The number of nitrogens with zero attached hydrogens (tertiary/aromatic N) is 1. The minimum Gasteiger partial charge on any atom is -0.491 e. The molecule has 0 aliphatic carbocycles. The first-order chi connectivity index (χ1) is 11.1. The zero-order valence-electron chi connectivity index (χ0n) is 14.0. The first-order valence-corrected chi connectivity index (χ1v) is 8.24. The molecule has 124 valence electrons. The van der Waals surface area contributed by atoms with Gasteiger partial charge in [-0.2, -0.15) is 0 Å². The second-order valence-electron chi connectivity index (χ2n) is 6.24. The van der Waals surface area contributed by atoms with E-state index in [-0.39, 0.29) is 17.9 Å². The summed E-state index contributed by atoms with van der Waals surface area (Å²) in [6.45, 7) is 6.94. The molecule has 0 spiro atoms. The molecule has 1 N–H and O–H groups in total. The summed E-state index contributed by atoms with van der Waals surface area (Å²) in [5.41, 5.74) is 1.10. The standard InChI is InChI=1S/C19H26N2O2/c1-4-11-21-12-9-17(10-13-21)19(22)20-16(3)14-23-18-8-6-5-7-15(18)2/h1,5-8,16-17H,9-14H2,2-3H3,(H,20,22). The highest BCUT2D eigenvalue weighted by Gasteiger charge is 2.25. The highest BCUT2D eigenvalue weighted by molar-refractivity contribution is 5.79. The molecule has 4 nitrogen and oxygen atoms in total. The van der Waals surface area contributed by atoms with Gasteiger partial charge in [0.2, 0.25) is 5.91 Å². The average Bonchev–Trinajstić information content (AvgIpc) is 2.55. The molecular formula is C19H26N2O2. The first-order valence-electron chi connectivity index (χ1n) is 8.24. The van der Waals surface area contributed by atoms with E-state index in [1.165, 1.54) is 0 Å². The van der Waals surface area contributed by atoms with Crippen LogP contribution in [0.15, 0.2) is 24.3 Å². The van der Waals surface area contributed by atoms with E-state index in [1.54, 1.807) is 0 Å². The van der Waals surface area contributed by atoms with Crippen molar-refractivity contribution in [1.82, 2.24) is 10.2 Å². The van der Waals surface area contributed by atoms with E-state index >= 15 is 0 Å². The number of piperidine rings is 1. The average molecular weight is 314 g/mol. The lowest BCUT2D eigenvalue weighted by molar-refractivity contribution is -0.127. The number of benzene rings is 1. The number of likely N-dealkylation sites (tertiary alicyclic amines) is 1. The number of nitrogens with one attached hydrogen (secondary N) is 1. The number of aryl methyl sites for hydroxylation is 1. The van der Waals surface area contributed by atoms with E-state index in [1.807, 2.05) is 38.1 Å². The molecule has 0 radical (unpaired) electrons. The fraction of sp³-hybridized carbons (Fsp3) is 0.526. The van der Waals surface area contributed by atoms with E-state index in [0.717, 1.165) is 37.2 Å². The number of carbonyl (C=O) groups excluding carboxylic acids is 1. The van der Waals surface area contributed by atoms with Crippen LogP contribution in [0.1, 0.15) is 25.3 Å². The molecule has 4 heteroatoms. The Hall–Kier alpha value is -1.99. The van der Waals surface area contributed by atoms with Gasteiger partial charge in [-0.15, -0.1) is 6.42 Å². The number of ether oxygens (including phenoxy) is 1. The van der Waals surface area contributed by atoms with E-state index in [0.29, 0.717) is 13.2 Å². The maximum absolute atomic E-state index is 12.3. The molecule has 1 aromatic rings. The summed E-state index contributed by atoms with van der Waals surface area (Å²) in [6.07, 6.45) is 7.07. The number of carbonyl (C=O) groups is 1. The van der Waals surface area contributed by atoms with Crippen molar-refractivity contribution in [2.24, 2.45) is 5.92 Å². The van der Waals surface area contributed by atoms with Crippen LogP contribution >= 0.6 is 0 Å². The zero-order chi connectivity index (χ0) is 16.7. The van der Waals surface area contributed by atoms with Gasteiger partial charge in [-0.05, 0) is 51.4 Å². The first kappa shape index (κ1) is 17.4. The van der Waals surface area contributed by atoms with Crippen LogP contribution in [-0.4, -0.2) is 43.1 Å². The van der Waals surface area contributed by atoms with Gasteiger partial charge in [-0.1, -0.05) is 24.1 Å². The molecular weight excluding hydrogens is 288 g/mol. The van der Waals surface area contributed by atoms with Crippen molar-refractivity contribution in [2.75, 3.05) is 26.2 Å². The summed E-state index contributed by atoms with van der Waals surface area (Å²) >= 11 is 0. The maximum Gasteiger partial charge on any atom is 0.223 e. The van der Waals surface area contributed by atoms with Crippen molar-refractivity contribution < 1.29 is 9.53 Å². The smallest absolute Gasteiger partial charge is 0.223 e. The lowest BCUT2D eigenvalue weighted by Crippen LogP contribution is -2.44. The topological polar surface area (TPSA) is 41.6 Å². The molecule has 0 aromatic heterocycles. The van der Waals surface area contributed by atoms with Gasteiger partial charge in [0.25, 0.3) is 0 Å². The van der Waals surface area contributed by atoms with E-state index in [2.05, 4.69) is 16.1 Å². The van der Waals surface area contributed by atoms with Gasteiger partial charge in [0.1, 0.15) is 12.4 Å². The van der Waals surface area contributed by atoms with Crippen LogP contribution in [0.25, 0.3) is 0 Å². The van der Waals surface area contributed by atoms with Crippen LogP contribution < -0.4 is 10.1 Å². The summed E-state index contributed by atoms with van der Waals surface area (Å²) < 4.78 is 5.79. The predicted octanol–water partition coefficient (Wildman–Crippen LogP) is 2.22. The predicted molar refractivity (Wildman–Crippen MR) is 92.3 cm³/mol. The number of para-hydroxylation sites is 1. The van der Waals surface area contributed by atoms with Gasteiger partial charge >= 0.3 is 0 Å². The summed E-state index contributed by atoms with van der Waals surface area (Å²) in [5, 5.41) is 3.06. The van der Waals surface area contributed by atoms with Crippen molar-refractivity contribution in [3.05, 3.63) is 29.8 Å². The summed E-state index contributed by atoms with van der Waals surface area (Å²) in [4.78, 5) is 14.5. The fourth-order valence-corrected chi connectivity index (χ4v) is 2.82. The molecule has 1 saturated heterocycles. The van der Waals surface area contributed by atoms with Gasteiger partial charge in [0.15, 0.2) is 0 Å². The highest BCUT2D eigenvalue weighted by Crippen LogP contribution is 2.18. The molecule has 1 fully saturated rings. The second-order valence-corrected chi connectivity index (χ2v) is 6.24. The fourth-order valence-electron chi connectivity index (χ4n) is 2.82. The van der Waals surface area contributed by atoms with E-state index in [4.69, 9.17) is 11.2 Å². The minimum atomic E-state index is -0.00848. The molecule has 23 heavy (non-hydrogen) atoms. The molecule has 1 heterocycles. The van der Waals surface area contributed by atoms with Crippen molar-refractivity contribution >= 4 is 5.91 Å². The summed E-state index contributed by atoms with van der Waals surface area (Å²) in [5.74, 6) is 3.75. The Kier molecular flexibility index (Phi) is 6.49. The summed E-state index contributed by atoms with van der Waals surface area (Å²) in [6, 6.07) is 7.90. The van der Waals surface area contributed by atoms with Gasteiger partial charge in [-0.25, -0.2) is 0 Å². The lowest BCUT2D eigenvalue weighted by Gasteiger charge is -2.30. The molecule has 0 bridgehead atoms. The van der Waals surface area contributed by atoms with Crippen LogP contribution in [0.4, 0.5) is 0 Å². The second kappa shape index (κ2) is 8.59. The molecule has 2 rings (SSSR count). The van der Waals surface area contributed by atoms with Gasteiger partial charge in [-0.3, -0.25) is 9.69 Å². The maximum atomic E-state index is 12.3. The molecule has 1 amide bonds. The van der Waals surface area contributed by atoms with Gasteiger partial charge in [0, 0.05) is 5.92 Å². The minimum absolute atomic E-state index is 0.00848. The Balaban J connectivity index is 1.73. The molecule has 1 atom stereocenters. The highest BCUT2D eigenvalue weighted by atomic mass is 16.5.